The predicted octanol–water partition coefficient (Wildman–Crippen LogP) is 4.73. The van der Waals surface area contributed by atoms with E-state index < -0.39 is 0 Å². The van der Waals surface area contributed by atoms with E-state index in [0.29, 0.717) is 22.8 Å². The van der Waals surface area contributed by atoms with Gasteiger partial charge in [0.25, 0.3) is 5.56 Å². The molecule has 6 nitrogen and oxygen atoms in total. The summed E-state index contributed by atoms with van der Waals surface area (Å²) in [5.74, 6) is 0. The van der Waals surface area contributed by atoms with Crippen molar-refractivity contribution in [2.24, 2.45) is 0 Å². The summed E-state index contributed by atoms with van der Waals surface area (Å²) in [4.78, 5) is 32.4. The van der Waals surface area contributed by atoms with Crippen LogP contribution in [0.15, 0.2) is 53.3 Å². The molecule has 0 saturated carbocycles. The van der Waals surface area contributed by atoms with E-state index in [9.17, 15) is 9.59 Å². The van der Waals surface area contributed by atoms with Crippen LogP contribution in [-0.4, -0.2) is 48.0 Å². The van der Waals surface area contributed by atoms with Crippen LogP contribution in [0.5, 0.6) is 0 Å². The number of carbonyl (C=O) groups is 1. The molecule has 0 radical (unpaired) electrons. The van der Waals surface area contributed by atoms with E-state index in [-0.39, 0.29) is 18.1 Å². The second kappa shape index (κ2) is 10.5. The number of aryl methyl sites for hydroxylation is 1. The molecule has 3 aromatic rings. The summed E-state index contributed by atoms with van der Waals surface area (Å²) >= 11 is 6.20. The van der Waals surface area contributed by atoms with E-state index in [0.717, 1.165) is 30.3 Å². The van der Waals surface area contributed by atoms with Crippen molar-refractivity contribution in [3.05, 3.63) is 75.0 Å². The topological polar surface area (TPSA) is 68.4 Å². The highest BCUT2D eigenvalue weighted by Gasteiger charge is 2.17. The summed E-state index contributed by atoms with van der Waals surface area (Å²) < 4.78 is 0. The lowest BCUT2D eigenvalue weighted by molar-refractivity contribution is 0.205. The third-order valence-electron chi connectivity index (χ3n) is 5.19. The first kappa shape index (κ1) is 22.8. The number of aromatic nitrogens is 1. The minimum atomic E-state index is -0.284. The van der Waals surface area contributed by atoms with Crippen LogP contribution in [0, 0.1) is 0 Å². The quantitative estimate of drug-likeness (QED) is 0.532. The number of rotatable bonds is 8. The number of pyridine rings is 1. The first-order valence-corrected chi connectivity index (χ1v) is 10.8. The molecule has 0 atom stereocenters. The Bertz CT molecular complexity index is 1110. The van der Waals surface area contributed by atoms with Gasteiger partial charge in [-0.3, -0.25) is 4.79 Å². The molecule has 1 heterocycles. The van der Waals surface area contributed by atoms with Crippen LogP contribution < -0.4 is 10.9 Å². The average molecular weight is 441 g/mol. The molecule has 31 heavy (non-hydrogen) atoms. The number of hydrogen-bond acceptors (Lipinski definition) is 3. The fourth-order valence-electron chi connectivity index (χ4n) is 3.43. The molecule has 164 valence electrons. The Morgan fingerprint density at radius 2 is 1.87 bits per heavy atom. The van der Waals surface area contributed by atoms with Gasteiger partial charge >= 0.3 is 6.03 Å². The van der Waals surface area contributed by atoms with Crippen molar-refractivity contribution in [1.82, 2.24) is 14.8 Å². The van der Waals surface area contributed by atoms with Crippen molar-refractivity contribution in [2.45, 2.75) is 26.3 Å². The van der Waals surface area contributed by atoms with Crippen molar-refractivity contribution in [2.75, 3.05) is 32.5 Å². The molecule has 0 fully saturated rings. The van der Waals surface area contributed by atoms with Gasteiger partial charge in [-0.2, -0.15) is 0 Å². The van der Waals surface area contributed by atoms with Gasteiger partial charge in [-0.1, -0.05) is 36.7 Å². The van der Waals surface area contributed by atoms with Gasteiger partial charge in [0.2, 0.25) is 0 Å². The highest BCUT2D eigenvalue weighted by molar-refractivity contribution is 6.33. The van der Waals surface area contributed by atoms with Crippen LogP contribution in [0.25, 0.3) is 10.9 Å². The number of anilines is 1. The van der Waals surface area contributed by atoms with Crippen molar-refractivity contribution in [3.8, 4) is 0 Å². The van der Waals surface area contributed by atoms with Gasteiger partial charge in [0.15, 0.2) is 0 Å². The first-order chi connectivity index (χ1) is 14.9. The second-order valence-corrected chi connectivity index (χ2v) is 8.29. The molecule has 2 aromatic carbocycles. The fraction of sp³-hybridized carbons (Fsp3) is 0.333. The molecule has 0 aliphatic rings. The van der Waals surface area contributed by atoms with Crippen LogP contribution in [0.3, 0.4) is 0 Å². The molecule has 0 aliphatic carbocycles. The van der Waals surface area contributed by atoms with E-state index in [1.54, 1.807) is 17.0 Å². The zero-order valence-corrected chi connectivity index (χ0v) is 19.0. The smallest absolute Gasteiger partial charge is 0.322 e. The van der Waals surface area contributed by atoms with Crippen LogP contribution in [-0.2, 0) is 13.0 Å². The third-order valence-corrected chi connectivity index (χ3v) is 5.52. The predicted molar refractivity (Wildman–Crippen MR) is 128 cm³/mol. The van der Waals surface area contributed by atoms with E-state index in [2.05, 4.69) is 28.2 Å². The van der Waals surface area contributed by atoms with E-state index >= 15 is 0 Å². The number of halogens is 1. The summed E-state index contributed by atoms with van der Waals surface area (Å²) in [5, 5.41) is 4.31. The van der Waals surface area contributed by atoms with Gasteiger partial charge < -0.3 is 20.1 Å². The summed E-state index contributed by atoms with van der Waals surface area (Å²) in [6.45, 7) is 3.66. The maximum absolute atomic E-state index is 13.1. The van der Waals surface area contributed by atoms with Crippen LogP contribution in [0.1, 0.15) is 24.5 Å². The van der Waals surface area contributed by atoms with Crippen LogP contribution >= 0.6 is 11.6 Å². The molecule has 7 heteroatoms. The van der Waals surface area contributed by atoms with Crippen molar-refractivity contribution in [3.63, 3.8) is 0 Å². The summed E-state index contributed by atoms with van der Waals surface area (Å²) in [5.41, 5.74) is 2.92. The second-order valence-electron chi connectivity index (χ2n) is 7.89. The molecule has 0 spiro atoms. The van der Waals surface area contributed by atoms with Gasteiger partial charge in [-0.05, 0) is 74.8 Å². The Hall–Kier alpha value is -2.83. The number of nitrogens with one attached hydrogen (secondary N) is 2. The Morgan fingerprint density at radius 1 is 1.10 bits per heavy atom. The lowest BCUT2D eigenvalue weighted by Gasteiger charge is -2.24. The molecule has 2 N–H and O–H groups in total. The Kier molecular flexibility index (Phi) is 7.71. The van der Waals surface area contributed by atoms with Gasteiger partial charge in [-0.15, -0.1) is 0 Å². The molecule has 0 saturated heterocycles. The number of fused-ring (bicyclic) bond motifs is 1. The zero-order valence-electron chi connectivity index (χ0n) is 18.2. The lowest BCUT2D eigenvalue weighted by Crippen LogP contribution is -2.37. The van der Waals surface area contributed by atoms with Crippen molar-refractivity contribution >= 4 is 34.2 Å². The number of nitrogens with zero attached hydrogens (tertiary/aromatic N) is 2. The number of para-hydroxylation sites is 1. The highest BCUT2D eigenvalue weighted by atomic mass is 35.5. The molecule has 0 unspecified atom stereocenters. The fourth-order valence-corrected chi connectivity index (χ4v) is 3.61. The number of hydrogen-bond donors (Lipinski definition) is 2. The standard InChI is InChI=1S/C24H29ClN4O2/c1-4-17-10-11-21-18(14-17)15-19(23(30)26-21)16-29(13-7-12-28(2)3)24(31)27-22-9-6-5-8-20(22)25/h5-6,8-11,14-15H,4,7,12-13,16H2,1-3H3,(H,26,30)(H,27,31). The highest BCUT2D eigenvalue weighted by Crippen LogP contribution is 2.21. The number of benzene rings is 2. The molecule has 1 aromatic heterocycles. The van der Waals surface area contributed by atoms with Crippen molar-refractivity contribution in [1.29, 1.82) is 0 Å². The number of aromatic amines is 1. The summed E-state index contributed by atoms with van der Waals surface area (Å²) in [6, 6.07) is 14.7. The Labute approximate surface area is 187 Å². The van der Waals surface area contributed by atoms with E-state index in [1.165, 1.54) is 5.56 Å². The Morgan fingerprint density at radius 3 is 2.58 bits per heavy atom. The number of H-pyrrole nitrogens is 1. The lowest BCUT2D eigenvalue weighted by atomic mass is 10.1. The monoisotopic (exact) mass is 440 g/mol. The van der Waals surface area contributed by atoms with Crippen molar-refractivity contribution < 1.29 is 4.79 Å². The number of carbonyl (C=O) groups excluding carboxylic acids is 1. The maximum atomic E-state index is 13.1. The van der Waals surface area contributed by atoms with Gasteiger partial charge in [0.05, 0.1) is 17.3 Å². The van der Waals surface area contributed by atoms with Gasteiger partial charge in [-0.25, -0.2) is 4.79 Å². The molecular formula is C24H29ClN4O2. The van der Waals surface area contributed by atoms with Crippen LogP contribution in [0.2, 0.25) is 5.02 Å². The van der Waals surface area contributed by atoms with E-state index in [4.69, 9.17) is 11.6 Å². The zero-order chi connectivity index (χ0) is 22.4. The molecular weight excluding hydrogens is 412 g/mol. The minimum absolute atomic E-state index is 0.181. The average Bonchev–Trinajstić information content (AvgIpc) is 2.74. The maximum Gasteiger partial charge on any atom is 0.322 e. The largest absolute Gasteiger partial charge is 0.322 e. The van der Waals surface area contributed by atoms with Crippen LogP contribution in [0.4, 0.5) is 10.5 Å². The molecule has 2 amide bonds. The SMILES string of the molecule is CCc1ccc2[nH]c(=O)c(CN(CCCN(C)C)C(=O)Nc3ccccc3Cl)cc2c1. The van der Waals surface area contributed by atoms with Gasteiger partial charge in [0, 0.05) is 17.6 Å². The molecule has 3 rings (SSSR count). The summed E-state index contributed by atoms with van der Waals surface area (Å²) in [7, 11) is 3.99. The molecule has 0 aliphatic heterocycles. The normalized spacial score (nSPS) is 11.1. The number of amides is 2. The van der Waals surface area contributed by atoms with E-state index in [1.807, 2.05) is 44.4 Å². The van der Waals surface area contributed by atoms with Gasteiger partial charge in [0.1, 0.15) is 0 Å². The number of urea groups is 1. The summed E-state index contributed by atoms with van der Waals surface area (Å²) in [6.07, 6.45) is 1.70. The first-order valence-electron chi connectivity index (χ1n) is 10.5. The third kappa shape index (κ3) is 6.09. The Balaban J connectivity index is 1.86. The minimum Gasteiger partial charge on any atom is -0.322 e. The molecule has 0 bridgehead atoms.